The molecule has 0 unspecified atom stereocenters. The molecule has 1 saturated carbocycles. The lowest BCUT2D eigenvalue weighted by atomic mass is 9.81. The number of unbranched alkanes of at least 4 members (excludes halogenated alkanes) is 1. The summed E-state index contributed by atoms with van der Waals surface area (Å²) >= 11 is 0. The molecule has 92 valence electrons. The molecule has 0 aromatic heterocycles. The molecule has 1 rings (SSSR count). The van der Waals surface area contributed by atoms with Crippen molar-refractivity contribution >= 4 is 11.9 Å². The van der Waals surface area contributed by atoms with Crippen LogP contribution in [0.5, 0.6) is 0 Å². The highest BCUT2D eigenvalue weighted by Crippen LogP contribution is 2.30. The van der Waals surface area contributed by atoms with E-state index in [2.05, 4.69) is 0 Å². The highest BCUT2D eigenvalue weighted by Gasteiger charge is 2.31. The van der Waals surface area contributed by atoms with E-state index in [9.17, 15) is 9.59 Å². The van der Waals surface area contributed by atoms with Gasteiger partial charge in [0.15, 0.2) is 0 Å². The molecular formula is C12H20O4. The molecule has 1 aliphatic carbocycles. The van der Waals surface area contributed by atoms with Crippen molar-refractivity contribution in [2.45, 2.75) is 45.4 Å². The zero-order chi connectivity index (χ0) is 12.0. The van der Waals surface area contributed by atoms with E-state index in [1.165, 1.54) is 0 Å². The van der Waals surface area contributed by atoms with Gasteiger partial charge in [-0.05, 0) is 25.7 Å². The molecule has 16 heavy (non-hydrogen) atoms. The van der Waals surface area contributed by atoms with Gasteiger partial charge in [-0.15, -0.1) is 0 Å². The maximum absolute atomic E-state index is 11.6. The van der Waals surface area contributed by atoms with Crippen LogP contribution in [0.1, 0.15) is 45.4 Å². The van der Waals surface area contributed by atoms with Crippen molar-refractivity contribution in [2.75, 3.05) is 6.61 Å². The summed E-state index contributed by atoms with van der Waals surface area (Å²) in [4.78, 5) is 22.5. The molecule has 0 amide bonds. The number of ether oxygens (including phenoxy) is 1. The maximum Gasteiger partial charge on any atom is 0.308 e. The van der Waals surface area contributed by atoms with Gasteiger partial charge in [-0.25, -0.2) is 0 Å². The normalized spacial score (nSPS) is 25.1. The van der Waals surface area contributed by atoms with E-state index in [4.69, 9.17) is 9.84 Å². The van der Waals surface area contributed by atoms with E-state index in [-0.39, 0.29) is 17.8 Å². The first-order chi connectivity index (χ1) is 7.65. The van der Waals surface area contributed by atoms with Gasteiger partial charge in [-0.2, -0.15) is 0 Å². The molecule has 0 spiro atoms. The van der Waals surface area contributed by atoms with Crippen molar-refractivity contribution in [3.8, 4) is 0 Å². The van der Waals surface area contributed by atoms with Crippen LogP contribution in [0.3, 0.4) is 0 Å². The Labute approximate surface area is 96.0 Å². The van der Waals surface area contributed by atoms with Gasteiger partial charge in [0.2, 0.25) is 0 Å². The lowest BCUT2D eigenvalue weighted by Crippen LogP contribution is -2.28. The van der Waals surface area contributed by atoms with E-state index >= 15 is 0 Å². The Morgan fingerprint density at radius 3 is 2.62 bits per heavy atom. The Balaban J connectivity index is 2.35. The fourth-order valence-corrected chi connectivity index (χ4v) is 2.06. The number of carboxylic acid groups (broad SMARTS) is 1. The first kappa shape index (κ1) is 13.0. The second kappa shape index (κ2) is 6.51. The highest BCUT2D eigenvalue weighted by molar-refractivity contribution is 5.75. The van der Waals surface area contributed by atoms with Crippen molar-refractivity contribution in [1.82, 2.24) is 0 Å². The van der Waals surface area contributed by atoms with Gasteiger partial charge >= 0.3 is 11.9 Å². The van der Waals surface area contributed by atoms with Crippen molar-refractivity contribution in [3.05, 3.63) is 0 Å². The number of carbonyl (C=O) groups excluding carboxylic acids is 1. The van der Waals surface area contributed by atoms with E-state index in [0.717, 1.165) is 25.7 Å². The van der Waals surface area contributed by atoms with Crippen LogP contribution in [-0.2, 0) is 14.3 Å². The molecule has 0 bridgehead atoms. The third kappa shape index (κ3) is 3.83. The minimum absolute atomic E-state index is 0.202. The molecule has 1 aliphatic rings. The summed E-state index contributed by atoms with van der Waals surface area (Å²) in [5.74, 6) is -1.56. The Hall–Kier alpha value is -1.06. The van der Waals surface area contributed by atoms with Crippen LogP contribution < -0.4 is 0 Å². The molecule has 0 heterocycles. The third-order valence-electron chi connectivity index (χ3n) is 3.10. The molecule has 1 N–H and O–H groups in total. The monoisotopic (exact) mass is 228 g/mol. The predicted octanol–water partition coefficient (Wildman–Crippen LogP) is 2.22. The second-order valence-electron chi connectivity index (χ2n) is 4.42. The van der Waals surface area contributed by atoms with Crippen LogP contribution in [0.2, 0.25) is 0 Å². The van der Waals surface area contributed by atoms with Gasteiger partial charge < -0.3 is 9.84 Å². The number of rotatable bonds is 5. The van der Waals surface area contributed by atoms with E-state index < -0.39 is 5.97 Å². The molecule has 0 aromatic carbocycles. The summed E-state index contributed by atoms with van der Waals surface area (Å²) in [7, 11) is 0. The summed E-state index contributed by atoms with van der Waals surface area (Å²) in [6, 6.07) is 0. The summed E-state index contributed by atoms with van der Waals surface area (Å²) in [6.45, 7) is 2.50. The Morgan fingerprint density at radius 2 is 2.00 bits per heavy atom. The molecule has 1 fully saturated rings. The van der Waals surface area contributed by atoms with Crippen molar-refractivity contribution in [3.63, 3.8) is 0 Å². The maximum atomic E-state index is 11.6. The first-order valence-electron chi connectivity index (χ1n) is 6.04. The van der Waals surface area contributed by atoms with Crippen LogP contribution >= 0.6 is 0 Å². The Morgan fingerprint density at radius 1 is 1.31 bits per heavy atom. The molecule has 0 radical (unpaired) electrons. The third-order valence-corrected chi connectivity index (χ3v) is 3.10. The van der Waals surface area contributed by atoms with Crippen LogP contribution in [-0.4, -0.2) is 23.7 Å². The van der Waals surface area contributed by atoms with E-state index in [1.807, 2.05) is 6.92 Å². The number of hydrogen-bond donors (Lipinski definition) is 1. The minimum Gasteiger partial charge on any atom is -0.481 e. The summed E-state index contributed by atoms with van der Waals surface area (Å²) in [5.41, 5.74) is 0. The molecule has 0 saturated heterocycles. The van der Waals surface area contributed by atoms with Gasteiger partial charge in [0.1, 0.15) is 0 Å². The summed E-state index contributed by atoms with van der Waals surface area (Å²) in [6.07, 6.45) is 4.59. The van der Waals surface area contributed by atoms with Gasteiger partial charge in [0, 0.05) is 0 Å². The lowest BCUT2D eigenvalue weighted by Gasteiger charge is -2.24. The van der Waals surface area contributed by atoms with Crippen LogP contribution in [0, 0.1) is 11.8 Å². The second-order valence-corrected chi connectivity index (χ2v) is 4.42. The van der Waals surface area contributed by atoms with Crippen LogP contribution in [0.4, 0.5) is 0 Å². The smallest absolute Gasteiger partial charge is 0.308 e. The van der Waals surface area contributed by atoms with Crippen molar-refractivity contribution in [1.29, 1.82) is 0 Å². The lowest BCUT2D eigenvalue weighted by molar-refractivity contribution is -0.152. The van der Waals surface area contributed by atoms with Crippen LogP contribution in [0.25, 0.3) is 0 Å². The molecule has 0 aliphatic heterocycles. The fraction of sp³-hybridized carbons (Fsp3) is 0.833. The fourth-order valence-electron chi connectivity index (χ4n) is 2.06. The molecule has 4 nitrogen and oxygen atoms in total. The van der Waals surface area contributed by atoms with E-state index in [0.29, 0.717) is 19.4 Å². The molecule has 2 atom stereocenters. The molecule has 0 aromatic rings. The summed E-state index contributed by atoms with van der Waals surface area (Å²) < 4.78 is 5.12. The number of carboxylic acids is 1. The van der Waals surface area contributed by atoms with Gasteiger partial charge in [0.25, 0.3) is 0 Å². The van der Waals surface area contributed by atoms with Crippen molar-refractivity contribution < 1.29 is 19.4 Å². The van der Waals surface area contributed by atoms with Gasteiger partial charge in [-0.3, -0.25) is 9.59 Å². The Kier molecular flexibility index (Phi) is 5.29. The van der Waals surface area contributed by atoms with E-state index in [1.54, 1.807) is 0 Å². The number of carbonyl (C=O) groups is 2. The minimum atomic E-state index is -0.786. The van der Waals surface area contributed by atoms with Crippen LogP contribution in [0.15, 0.2) is 0 Å². The standard InChI is InChI=1S/C12H20O4/c1-2-3-7-16-12(15)10-6-4-5-9(8-10)11(13)14/h9-10H,2-8H2,1H3,(H,13,14)/t9-,10+/m1/s1. The topological polar surface area (TPSA) is 63.6 Å². The zero-order valence-corrected chi connectivity index (χ0v) is 9.78. The number of aliphatic carboxylic acids is 1. The predicted molar refractivity (Wildman–Crippen MR) is 59.0 cm³/mol. The largest absolute Gasteiger partial charge is 0.481 e. The average Bonchev–Trinajstić information content (AvgIpc) is 2.29. The SMILES string of the molecule is CCCCOC(=O)[C@H]1CCC[C@@H](C(=O)O)C1. The average molecular weight is 228 g/mol. The van der Waals surface area contributed by atoms with Gasteiger partial charge in [0.05, 0.1) is 18.4 Å². The highest BCUT2D eigenvalue weighted by atomic mass is 16.5. The quantitative estimate of drug-likeness (QED) is 0.579. The zero-order valence-electron chi connectivity index (χ0n) is 9.78. The first-order valence-corrected chi connectivity index (χ1v) is 6.04. The van der Waals surface area contributed by atoms with Gasteiger partial charge in [-0.1, -0.05) is 19.8 Å². The molecule has 4 heteroatoms. The number of hydrogen-bond acceptors (Lipinski definition) is 3. The number of esters is 1. The Bertz CT molecular complexity index is 249. The summed E-state index contributed by atoms with van der Waals surface area (Å²) in [5, 5.41) is 8.90. The molecular weight excluding hydrogens is 208 g/mol. The van der Waals surface area contributed by atoms with Crippen molar-refractivity contribution in [2.24, 2.45) is 11.8 Å².